The summed E-state index contributed by atoms with van der Waals surface area (Å²) in [6.07, 6.45) is 5.17. The van der Waals surface area contributed by atoms with Gasteiger partial charge >= 0.3 is 0 Å². The van der Waals surface area contributed by atoms with E-state index in [4.69, 9.17) is 4.74 Å². The normalized spacial score (nSPS) is 16.0. The Morgan fingerprint density at radius 1 is 1.24 bits per heavy atom. The summed E-state index contributed by atoms with van der Waals surface area (Å²) in [6.45, 7) is 0.574. The molecule has 3 heterocycles. The van der Waals surface area contributed by atoms with Crippen LogP contribution in [0.5, 0.6) is 5.75 Å². The van der Waals surface area contributed by atoms with E-state index in [1.807, 2.05) is 16.7 Å². The number of methoxy groups -OCH3 is 1. The summed E-state index contributed by atoms with van der Waals surface area (Å²) < 4.78 is 35.2. The molecule has 1 atom stereocenters. The SMILES string of the molecule is COc1cc(F)c(C(=O)NC2CCc3nnc(-c4cccnc4)n3CC2)c(F)c1. The molecule has 1 unspecified atom stereocenters. The fourth-order valence-electron chi connectivity index (χ4n) is 3.48. The maximum Gasteiger partial charge on any atom is 0.257 e. The van der Waals surface area contributed by atoms with Gasteiger partial charge in [-0.3, -0.25) is 9.78 Å². The van der Waals surface area contributed by atoms with E-state index in [-0.39, 0.29) is 11.8 Å². The van der Waals surface area contributed by atoms with Crippen LogP contribution in [0.15, 0.2) is 36.7 Å². The topological polar surface area (TPSA) is 81.9 Å². The number of hydrogen-bond donors (Lipinski definition) is 1. The summed E-state index contributed by atoms with van der Waals surface area (Å²) in [5.74, 6) is -1.15. The monoisotopic (exact) mass is 399 g/mol. The molecule has 29 heavy (non-hydrogen) atoms. The Balaban J connectivity index is 1.49. The van der Waals surface area contributed by atoms with Crippen LogP contribution in [0.4, 0.5) is 8.78 Å². The molecule has 0 saturated heterocycles. The predicted molar refractivity (Wildman–Crippen MR) is 100 cm³/mol. The molecule has 0 aliphatic carbocycles. The van der Waals surface area contributed by atoms with Gasteiger partial charge in [0.15, 0.2) is 5.82 Å². The predicted octanol–water partition coefficient (Wildman–Crippen LogP) is 2.76. The lowest BCUT2D eigenvalue weighted by molar-refractivity contribution is 0.0924. The minimum Gasteiger partial charge on any atom is -0.497 e. The van der Waals surface area contributed by atoms with Gasteiger partial charge in [0.05, 0.1) is 7.11 Å². The first-order valence-corrected chi connectivity index (χ1v) is 9.23. The molecule has 0 bridgehead atoms. The molecular weight excluding hydrogens is 380 g/mol. The molecule has 3 aromatic rings. The van der Waals surface area contributed by atoms with Gasteiger partial charge in [-0.05, 0) is 25.0 Å². The Labute approximate surface area is 165 Å². The van der Waals surface area contributed by atoms with E-state index in [2.05, 4.69) is 20.5 Å². The van der Waals surface area contributed by atoms with Gasteiger partial charge in [0, 0.05) is 49.1 Å². The molecule has 0 radical (unpaired) electrons. The Morgan fingerprint density at radius 2 is 2.03 bits per heavy atom. The van der Waals surface area contributed by atoms with Crippen LogP contribution in [-0.4, -0.2) is 38.8 Å². The molecule has 0 fully saturated rings. The first-order chi connectivity index (χ1) is 14.1. The van der Waals surface area contributed by atoms with Crippen molar-refractivity contribution in [3.05, 3.63) is 59.7 Å². The molecule has 1 N–H and O–H groups in total. The lowest BCUT2D eigenvalue weighted by atomic mass is 10.1. The summed E-state index contributed by atoms with van der Waals surface area (Å²) in [4.78, 5) is 16.6. The summed E-state index contributed by atoms with van der Waals surface area (Å²) in [5, 5.41) is 11.3. The highest BCUT2D eigenvalue weighted by molar-refractivity contribution is 5.95. The number of nitrogens with zero attached hydrogens (tertiary/aromatic N) is 4. The number of pyridine rings is 1. The summed E-state index contributed by atoms with van der Waals surface area (Å²) in [6, 6.07) is 5.48. The quantitative estimate of drug-likeness (QED) is 0.730. The number of benzene rings is 1. The van der Waals surface area contributed by atoms with E-state index in [0.717, 1.165) is 23.5 Å². The molecule has 2 aromatic heterocycles. The van der Waals surface area contributed by atoms with Crippen LogP contribution in [-0.2, 0) is 13.0 Å². The zero-order valence-electron chi connectivity index (χ0n) is 15.7. The standard InChI is InChI=1S/C20H19F2N5O2/c1-29-14-9-15(21)18(16(22)10-14)20(28)24-13-4-5-17-25-26-19(27(17)8-6-13)12-3-2-7-23-11-12/h2-3,7,9-11,13H,4-6,8H2,1H3,(H,24,28). The Bertz CT molecular complexity index is 1020. The van der Waals surface area contributed by atoms with Gasteiger partial charge in [0.1, 0.15) is 28.8 Å². The average Bonchev–Trinajstić information content (AvgIpc) is 3.02. The van der Waals surface area contributed by atoms with Crippen molar-refractivity contribution in [2.75, 3.05) is 7.11 Å². The summed E-state index contributed by atoms with van der Waals surface area (Å²) in [5.41, 5.74) is 0.251. The number of carbonyl (C=O) groups excluding carboxylic acids is 1. The molecule has 7 nitrogen and oxygen atoms in total. The van der Waals surface area contributed by atoms with Crippen LogP contribution in [0.3, 0.4) is 0 Å². The second-order valence-electron chi connectivity index (χ2n) is 6.80. The van der Waals surface area contributed by atoms with E-state index in [0.29, 0.717) is 31.6 Å². The molecule has 1 amide bonds. The Kier molecular flexibility index (Phi) is 5.20. The molecule has 1 aromatic carbocycles. The second-order valence-corrected chi connectivity index (χ2v) is 6.80. The van der Waals surface area contributed by atoms with Crippen molar-refractivity contribution in [2.45, 2.75) is 31.8 Å². The summed E-state index contributed by atoms with van der Waals surface area (Å²) in [7, 11) is 1.30. The highest BCUT2D eigenvalue weighted by Crippen LogP contribution is 2.24. The van der Waals surface area contributed by atoms with Crippen LogP contribution in [0.25, 0.3) is 11.4 Å². The fraction of sp³-hybridized carbons (Fsp3) is 0.300. The minimum atomic E-state index is -0.955. The highest BCUT2D eigenvalue weighted by atomic mass is 19.1. The molecule has 9 heteroatoms. The van der Waals surface area contributed by atoms with Gasteiger partial charge in [-0.15, -0.1) is 10.2 Å². The average molecular weight is 399 g/mol. The number of ether oxygens (including phenoxy) is 1. The van der Waals surface area contributed by atoms with Crippen LogP contribution in [0.2, 0.25) is 0 Å². The van der Waals surface area contributed by atoms with E-state index >= 15 is 0 Å². The lowest BCUT2D eigenvalue weighted by Gasteiger charge is -2.17. The van der Waals surface area contributed by atoms with Crippen LogP contribution in [0.1, 0.15) is 29.0 Å². The van der Waals surface area contributed by atoms with Crippen LogP contribution < -0.4 is 10.1 Å². The van der Waals surface area contributed by atoms with Gasteiger partial charge in [0.25, 0.3) is 5.91 Å². The maximum atomic E-state index is 14.2. The Hall–Kier alpha value is -3.36. The van der Waals surface area contributed by atoms with Crippen molar-refractivity contribution >= 4 is 5.91 Å². The number of fused-ring (bicyclic) bond motifs is 1. The number of nitrogens with one attached hydrogen (secondary N) is 1. The van der Waals surface area contributed by atoms with E-state index < -0.39 is 23.1 Å². The zero-order valence-corrected chi connectivity index (χ0v) is 15.7. The highest BCUT2D eigenvalue weighted by Gasteiger charge is 2.25. The minimum absolute atomic E-state index is 0.0203. The molecule has 0 spiro atoms. The number of rotatable bonds is 4. The number of halogens is 2. The van der Waals surface area contributed by atoms with E-state index in [1.165, 1.54) is 7.11 Å². The van der Waals surface area contributed by atoms with E-state index in [1.54, 1.807) is 12.4 Å². The first kappa shape index (κ1) is 19.0. The fourth-order valence-corrected chi connectivity index (χ4v) is 3.48. The lowest BCUT2D eigenvalue weighted by Crippen LogP contribution is -2.36. The van der Waals surface area contributed by atoms with E-state index in [9.17, 15) is 13.6 Å². The van der Waals surface area contributed by atoms with Gasteiger partial charge < -0.3 is 14.6 Å². The molecule has 1 aliphatic rings. The molecule has 4 rings (SSSR count). The molecule has 1 aliphatic heterocycles. The van der Waals surface area contributed by atoms with Crippen LogP contribution >= 0.6 is 0 Å². The van der Waals surface area contributed by atoms with Crippen molar-refractivity contribution in [2.24, 2.45) is 0 Å². The zero-order chi connectivity index (χ0) is 20.4. The summed E-state index contributed by atoms with van der Waals surface area (Å²) >= 11 is 0. The number of aromatic nitrogens is 4. The molecule has 150 valence electrons. The number of amides is 1. The van der Waals surface area contributed by atoms with Gasteiger partial charge in [-0.2, -0.15) is 0 Å². The third-order valence-corrected chi connectivity index (χ3v) is 4.98. The number of carbonyl (C=O) groups is 1. The second kappa shape index (κ2) is 7.94. The smallest absolute Gasteiger partial charge is 0.257 e. The first-order valence-electron chi connectivity index (χ1n) is 9.23. The van der Waals surface area contributed by atoms with Crippen molar-refractivity contribution < 1.29 is 18.3 Å². The van der Waals surface area contributed by atoms with Gasteiger partial charge in [0.2, 0.25) is 0 Å². The van der Waals surface area contributed by atoms with Crippen molar-refractivity contribution in [1.82, 2.24) is 25.1 Å². The van der Waals surface area contributed by atoms with Crippen molar-refractivity contribution in [3.63, 3.8) is 0 Å². The number of hydrogen-bond acceptors (Lipinski definition) is 5. The molecular formula is C20H19F2N5O2. The maximum absolute atomic E-state index is 14.2. The Morgan fingerprint density at radius 3 is 2.72 bits per heavy atom. The van der Waals surface area contributed by atoms with Crippen molar-refractivity contribution in [3.8, 4) is 17.1 Å². The largest absolute Gasteiger partial charge is 0.497 e. The third kappa shape index (κ3) is 3.80. The third-order valence-electron chi connectivity index (χ3n) is 4.98. The van der Waals surface area contributed by atoms with Gasteiger partial charge in [-0.25, -0.2) is 8.78 Å². The van der Waals surface area contributed by atoms with Crippen LogP contribution in [0, 0.1) is 11.6 Å². The number of aryl methyl sites for hydroxylation is 1. The van der Waals surface area contributed by atoms with Crippen molar-refractivity contribution in [1.29, 1.82) is 0 Å². The molecule has 0 saturated carbocycles. The van der Waals surface area contributed by atoms with Gasteiger partial charge in [-0.1, -0.05) is 0 Å².